The summed E-state index contributed by atoms with van der Waals surface area (Å²) in [5.41, 5.74) is 1.89. The number of amides is 2. The van der Waals surface area contributed by atoms with Crippen LogP contribution in [0.1, 0.15) is 5.69 Å². The van der Waals surface area contributed by atoms with Crippen molar-refractivity contribution in [1.82, 2.24) is 9.88 Å². The molecule has 1 aromatic carbocycles. The molecule has 0 bridgehead atoms. The number of carbonyl (C=O) groups is 1. The number of hydrogen-bond donors (Lipinski definition) is 1. The highest BCUT2D eigenvalue weighted by atomic mass is 32.1. The van der Waals surface area contributed by atoms with Gasteiger partial charge in [0.15, 0.2) is 5.13 Å². The van der Waals surface area contributed by atoms with E-state index in [-0.39, 0.29) is 6.03 Å². The molecule has 1 saturated heterocycles. The lowest BCUT2D eigenvalue weighted by Gasteiger charge is -2.34. The molecular formula is C15H18N4OS. The van der Waals surface area contributed by atoms with Crippen LogP contribution in [0.25, 0.3) is 0 Å². The minimum absolute atomic E-state index is 0.0313. The lowest BCUT2D eigenvalue weighted by atomic mass is 10.3. The maximum absolute atomic E-state index is 12.2. The second-order valence-corrected chi connectivity index (χ2v) is 5.88. The van der Waals surface area contributed by atoms with Crippen LogP contribution in [0.2, 0.25) is 0 Å². The number of thiazole rings is 1. The van der Waals surface area contributed by atoms with Crippen LogP contribution in [0.3, 0.4) is 0 Å². The predicted octanol–water partition coefficient (Wildman–Crippen LogP) is 2.81. The van der Waals surface area contributed by atoms with Crippen molar-refractivity contribution in [3.8, 4) is 0 Å². The average Bonchev–Trinajstić information content (AvgIpc) is 2.95. The number of urea groups is 1. The van der Waals surface area contributed by atoms with E-state index in [4.69, 9.17) is 0 Å². The average molecular weight is 302 g/mol. The van der Waals surface area contributed by atoms with Gasteiger partial charge in [0, 0.05) is 37.2 Å². The molecule has 2 aromatic rings. The first kappa shape index (κ1) is 13.9. The summed E-state index contributed by atoms with van der Waals surface area (Å²) >= 11 is 1.66. The maximum atomic E-state index is 12.2. The monoisotopic (exact) mass is 302 g/mol. The van der Waals surface area contributed by atoms with Gasteiger partial charge < -0.3 is 15.1 Å². The Bertz CT molecular complexity index is 605. The Morgan fingerprint density at radius 2 is 1.90 bits per heavy atom. The molecule has 5 nitrogen and oxygen atoms in total. The number of anilines is 2. The molecule has 1 N–H and O–H groups in total. The van der Waals surface area contributed by atoms with Crippen LogP contribution < -0.4 is 10.2 Å². The molecule has 0 unspecified atom stereocenters. The number of hydrogen-bond acceptors (Lipinski definition) is 4. The fraction of sp³-hybridized carbons (Fsp3) is 0.333. The molecule has 0 atom stereocenters. The first-order valence-electron chi connectivity index (χ1n) is 7.00. The molecule has 1 aromatic heterocycles. The number of nitrogens with one attached hydrogen (secondary N) is 1. The van der Waals surface area contributed by atoms with Gasteiger partial charge in [0.05, 0.1) is 5.69 Å². The molecule has 1 fully saturated rings. The van der Waals surface area contributed by atoms with E-state index in [0.717, 1.165) is 42.7 Å². The third-order valence-corrected chi connectivity index (χ3v) is 4.49. The van der Waals surface area contributed by atoms with Crippen molar-refractivity contribution in [2.45, 2.75) is 6.92 Å². The molecule has 2 amide bonds. The molecule has 0 aliphatic carbocycles. The number of aromatic nitrogens is 1. The van der Waals surface area contributed by atoms with E-state index < -0.39 is 0 Å². The van der Waals surface area contributed by atoms with E-state index in [9.17, 15) is 4.79 Å². The zero-order valence-corrected chi connectivity index (χ0v) is 12.8. The van der Waals surface area contributed by atoms with Crippen LogP contribution in [0.5, 0.6) is 0 Å². The van der Waals surface area contributed by atoms with Gasteiger partial charge >= 0.3 is 6.03 Å². The molecular weight excluding hydrogens is 284 g/mol. The second-order valence-electron chi connectivity index (χ2n) is 5.04. The Morgan fingerprint density at radius 3 is 2.52 bits per heavy atom. The summed E-state index contributed by atoms with van der Waals surface area (Å²) in [6.45, 7) is 5.10. The fourth-order valence-electron chi connectivity index (χ4n) is 2.31. The van der Waals surface area contributed by atoms with Gasteiger partial charge in [0.25, 0.3) is 0 Å². The zero-order valence-electron chi connectivity index (χ0n) is 12.0. The summed E-state index contributed by atoms with van der Waals surface area (Å²) in [5, 5.41) is 6.04. The third kappa shape index (κ3) is 3.33. The number of nitrogens with zero attached hydrogens (tertiary/aromatic N) is 3. The van der Waals surface area contributed by atoms with Crippen LogP contribution in [0.15, 0.2) is 35.7 Å². The summed E-state index contributed by atoms with van der Waals surface area (Å²) in [7, 11) is 0. The molecule has 0 saturated carbocycles. The van der Waals surface area contributed by atoms with E-state index in [1.54, 1.807) is 11.3 Å². The van der Waals surface area contributed by atoms with Crippen molar-refractivity contribution in [3.63, 3.8) is 0 Å². The number of para-hydroxylation sites is 1. The molecule has 3 rings (SSSR count). The Labute approximate surface area is 128 Å². The van der Waals surface area contributed by atoms with Gasteiger partial charge in [-0.25, -0.2) is 9.78 Å². The molecule has 6 heteroatoms. The number of piperazine rings is 1. The standard InChI is InChI=1S/C15H18N4OS/c1-12-11-21-15(16-12)19-9-7-18(8-10-19)14(20)17-13-5-3-2-4-6-13/h2-6,11H,7-10H2,1H3,(H,17,20). The molecule has 1 aliphatic heterocycles. The number of aryl methyl sites for hydroxylation is 1. The number of carbonyl (C=O) groups excluding carboxylic acids is 1. The highest BCUT2D eigenvalue weighted by Crippen LogP contribution is 2.21. The van der Waals surface area contributed by atoms with E-state index in [1.807, 2.05) is 42.2 Å². The molecule has 2 heterocycles. The van der Waals surface area contributed by atoms with E-state index >= 15 is 0 Å². The van der Waals surface area contributed by atoms with Crippen molar-refractivity contribution in [3.05, 3.63) is 41.4 Å². The fourth-order valence-corrected chi connectivity index (χ4v) is 3.17. The summed E-state index contributed by atoms with van der Waals surface area (Å²) in [5.74, 6) is 0. The molecule has 0 spiro atoms. The SMILES string of the molecule is Cc1csc(N2CCN(C(=O)Nc3ccccc3)CC2)n1. The predicted molar refractivity (Wildman–Crippen MR) is 86.1 cm³/mol. The Morgan fingerprint density at radius 1 is 1.19 bits per heavy atom. The zero-order chi connectivity index (χ0) is 14.7. The summed E-state index contributed by atoms with van der Waals surface area (Å²) in [4.78, 5) is 20.8. The Balaban J connectivity index is 1.54. The molecule has 21 heavy (non-hydrogen) atoms. The molecule has 0 radical (unpaired) electrons. The second kappa shape index (κ2) is 6.13. The van der Waals surface area contributed by atoms with Gasteiger partial charge in [0.2, 0.25) is 0 Å². The van der Waals surface area contributed by atoms with Crippen LogP contribution >= 0.6 is 11.3 Å². The van der Waals surface area contributed by atoms with Crippen LogP contribution in [0.4, 0.5) is 15.6 Å². The Kier molecular flexibility index (Phi) is 4.06. The Hall–Kier alpha value is -2.08. The first-order valence-corrected chi connectivity index (χ1v) is 7.88. The van der Waals surface area contributed by atoms with Crippen molar-refractivity contribution in [2.75, 3.05) is 36.4 Å². The van der Waals surface area contributed by atoms with E-state index in [1.165, 1.54) is 0 Å². The summed E-state index contributed by atoms with van der Waals surface area (Å²) in [6.07, 6.45) is 0. The summed E-state index contributed by atoms with van der Waals surface area (Å²) < 4.78 is 0. The topological polar surface area (TPSA) is 48.5 Å². The minimum atomic E-state index is -0.0313. The number of rotatable bonds is 2. The van der Waals surface area contributed by atoms with Crippen molar-refractivity contribution >= 4 is 28.2 Å². The van der Waals surface area contributed by atoms with Crippen molar-refractivity contribution < 1.29 is 4.79 Å². The van der Waals surface area contributed by atoms with Crippen LogP contribution in [0, 0.1) is 6.92 Å². The van der Waals surface area contributed by atoms with E-state index in [0.29, 0.717) is 0 Å². The van der Waals surface area contributed by atoms with Gasteiger partial charge in [-0.2, -0.15) is 0 Å². The highest BCUT2D eigenvalue weighted by Gasteiger charge is 2.22. The summed E-state index contributed by atoms with van der Waals surface area (Å²) in [6, 6.07) is 9.52. The largest absolute Gasteiger partial charge is 0.345 e. The number of benzene rings is 1. The van der Waals surface area contributed by atoms with Gasteiger partial charge in [-0.3, -0.25) is 0 Å². The molecule has 110 valence electrons. The normalized spacial score (nSPS) is 15.1. The van der Waals surface area contributed by atoms with Crippen molar-refractivity contribution in [1.29, 1.82) is 0 Å². The maximum Gasteiger partial charge on any atom is 0.321 e. The van der Waals surface area contributed by atoms with Crippen LogP contribution in [-0.4, -0.2) is 42.1 Å². The van der Waals surface area contributed by atoms with Gasteiger partial charge in [-0.1, -0.05) is 18.2 Å². The van der Waals surface area contributed by atoms with E-state index in [2.05, 4.69) is 20.6 Å². The molecule has 1 aliphatic rings. The van der Waals surface area contributed by atoms with Gasteiger partial charge in [-0.15, -0.1) is 11.3 Å². The van der Waals surface area contributed by atoms with Crippen LogP contribution in [-0.2, 0) is 0 Å². The van der Waals surface area contributed by atoms with Gasteiger partial charge in [0.1, 0.15) is 0 Å². The smallest absolute Gasteiger partial charge is 0.321 e. The highest BCUT2D eigenvalue weighted by molar-refractivity contribution is 7.13. The van der Waals surface area contributed by atoms with Gasteiger partial charge in [-0.05, 0) is 19.1 Å². The lowest BCUT2D eigenvalue weighted by molar-refractivity contribution is 0.208. The minimum Gasteiger partial charge on any atom is -0.345 e. The lowest BCUT2D eigenvalue weighted by Crippen LogP contribution is -2.50. The first-order chi connectivity index (χ1) is 10.2. The van der Waals surface area contributed by atoms with Crippen molar-refractivity contribution in [2.24, 2.45) is 0 Å². The third-order valence-electron chi connectivity index (χ3n) is 3.47. The quantitative estimate of drug-likeness (QED) is 0.928.